The van der Waals surface area contributed by atoms with Gasteiger partial charge in [0.1, 0.15) is 0 Å². The standard InChI is InChI=1S/C27H24O/c28-26(6-4-2-1-3-5-6)27-23-17-11-8-7-9-13(11)19(23)21-15(9)16-10(7)14-12(8)18(17)24(27)20(14)22(16)25(21)27/h1-5,7-25H. The Balaban J connectivity index is 1.26. The zero-order valence-electron chi connectivity index (χ0n) is 15.8. The van der Waals surface area contributed by atoms with Crippen molar-refractivity contribution >= 4 is 5.78 Å². The highest BCUT2D eigenvalue weighted by Crippen LogP contribution is 3.04. The summed E-state index contributed by atoms with van der Waals surface area (Å²) in [4.78, 5) is 14.5. The summed E-state index contributed by atoms with van der Waals surface area (Å²) in [5, 5.41) is 0. The number of benzene rings is 1. The van der Waals surface area contributed by atoms with Gasteiger partial charge in [-0.05, 0) is 112 Å². The molecule has 13 rings (SSSR count). The van der Waals surface area contributed by atoms with E-state index in [9.17, 15) is 4.79 Å². The lowest BCUT2D eigenvalue weighted by atomic mass is 9.63. The van der Waals surface area contributed by atoms with Crippen LogP contribution in [0.25, 0.3) is 0 Å². The van der Waals surface area contributed by atoms with E-state index in [1.165, 1.54) is 5.92 Å². The molecule has 0 saturated heterocycles. The first-order valence-corrected chi connectivity index (χ1v) is 12.5. The van der Waals surface area contributed by atoms with Crippen molar-refractivity contribution in [2.45, 2.75) is 0 Å². The van der Waals surface area contributed by atoms with E-state index >= 15 is 0 Å². The molecule has 0 spiro atoms. The zero-order chi connectivity index (χ0) is 17.2. The molecule has 0 amide bonds. The molecular formula is C27H24O. The van der Waals surface area contributed by atoms with Crippen LogP contribution in [-0.4, -0.2) is 5.78 Å². The molecule has 1 heteroatoms. The average molecular weight is 364 g/mol. The smallest absolute Gasteiger partial charge is 0.169 e. The number of hydrogen-bond donors (Lipinski definition) is 0. The van der Waals surface area contributed by atoms with Crippen LogP contribution in [0.3, 0.4) is 0 Å². The summed E-state index contributed by atoms with van der Waals surface area (Å²) in [6.45, 7) is 0. The molecule has 0 aliphatic heterocycles. The number of ketones is 1. The van der Waals surface area contributed by atoms with Gasteiger partial charge in [-0.25, -0.2) is 0 Å². The van der Waals surface area contributed by atoms with Gasteiger partial charge >= 0.3 is 0 Å². The normalized spacial score (nSPS) is 82.9. The topological polar surface area (TPSA) is 17.1 Å². The van der Waals surface area contributed by atoms with Crippen molar-refractivity contribution in [2.24, 2.45) is 118 Å². The van der Waals surface area contributed by atoms with Crippen molar-refractivity contribution in [3.05, 3.63) is 35.9 Å². The first-order chi connectivity index (χ1) is 13.9. The van der Waals surface area contributed by atoms with Gasteiger partial charge in [-0.3, -0.25) is 4.79 Å². The quantitative estimate of drug-likeness (QED) is 0.731. The predicted octanol–water partition coefficient (Wildman–Crippen LogP) is 3.71. The summed E-state index contributed by atoms with van der Waals surface area (Å²) in [6, 6.07) is 10.7. The zero-order valence-corrected chi connectivity index (χ0v) is 15.8. The Kier molecular flexibility index (Phi) is 1.35. The molecule has 28 heavy (non-hydrogen) atoms. The summed E-state index contributed by atoms with van der Waals surface area (Å²) >= 11 is 0. The fourth-order valence-corrected chi connectivity index (χ4v) is 16.8. The molecule has 1 aromatic carbocycles. The van der Waals surface area contributed by atoms with Gasteiger partial charge in [0.05, 0.1) is 0 Å². The Morgan fingerprint density at radius 2 is 0.821 bits per heavy atom. The highest BCUT2D eigenvalue weighted by molar-refractivity contribution is 6.02. The van der Waals surface area contributed by atoms with E-state index in [0.29, 0.717) is 5.78 Å². The molecule has 1 aromatic rings. The Morgan fingerprint density at radius 3 is 1.18 bits per heavy atom. The van der Waals surface area contributed by atoms with Crippen molar-refractivity contribution in [1.82, 2.24) is 0 Å². The SMILES string of the molecule is O=C(c1ccccc1)C12C3C4C5C6C7C8C5C3C3C8C5C7C7C6C4C1C7C5C32. The molecule has 0 N–H and O–H groups in total. The van der Waals surface area contributed by atoms with Crippen LogP contribution >= 0.6 is 0 Å². The summed E-state index contributed by atoms with van der Waals surface area (Å²) in [5.41, 5.74) is 1.21. The molecule has 12 atom stereocenters. The maximum Gasteiger partial charge on any atom is 0.169 e. The van der Waals surface area contributed by atoms with Crippen LogP contribution in [0.15, 0.2) is 30.3 Å². The van der Waals surface area contributed by atoms with Crippen molar-refractivity contribution in [3.8, 4) is 0 Å². The molecule has 0 heterocycles. The minimum absolute atomic E-state index is 0.124. The highest BCUT2D eigenvalue weighted by Gasteiger charge is 3.02. The summed E-state index contributed by atoms with van der Waals surface area (Å²) in [6.07, 6.45) is 0. The van der Waals surface area contributed by atoms with E-state index in [-0.39, 0.29) is 5.41 Å². The fourth-order valence-electron chi connectivity index (χ4n) is 16.8. The lowest BCUT2D eigenvalue weighted by Gasteiger charge is -2.38. The lowest BCUT2D eigenvalue weighted by Crippen LogP contribution is -2.43. The van der Waals surface area contributed by atoms with Gasteiger partial charge in [0.15, 0.2) is 5.78 Å². The van der Waals surface area contributed by atoms with Crippen molar-refractivity contribution < 1.29 is 4.79 Å². The van der Waals surface area contributed by atoms with E-state index in [4.69, 9.17) is 0 Å². The van der Waals surface area contributed by atoms with Crippen LogP contribution in [0.4, 0.5) is 0 Å². The van der Waals surface area contributed by atoms with Gasteiger partial charge in [0.25, 0.3) is 0 Å². The van der Waals surface area contributed by atoms with E-state index in [0.717, 1.165) is 112 Å². The third-order valence-corrected chi connectivity index (χ3v) is 14.9. The summed E-state index contributed by atoms with van der Waals surface area (Å²) in [7, 11) is 0. The van der Waals surface area contributed by atoms with Crippen LogP contribution in [0.1, 0.15) is 10.4 Å². The molecule has 1 nitrogen and oxygen atoms in total. The van der Waals surface area contributed by atoms with E-state index in [1.807, 2.05) is 0 Å². The molecule has 12 fully saturated rings. The number of hydrogen-bond acceptors (Lipinski definition) is 1. The Hall–Kier alpha value is -1.11. The Bertz CT molecular complexity index is 959. The third-order valence-electron chi connectivity index (χ3n) is 14.9. The Labute approximate surface area is 164 Å². The molecule has 12 aliphatic rings. The molecule has 12 aliphatic carbocycles. The van der Waals surface area contributed by atoms with Crippen LogP contribution in [0.2, 0.25) is 0 Å². The minimum Gasteiger partial charge on any atom is -0.294 e. The van der Waals surface area contributed by atoms with Crippen molar-refractivity contribution in [3.63, 3.8) is 0 Å². The van der Waals surface area contributed by atoms with E-state index < -0.39 is 0 Å². The number of Topliss-reactive ketones (excluding diaryl/α,β-unsaturated/α-hetero) is 1. The first kappa shape index (κ1) is 12.6. The molecule has 0 bridgehead atoms. The fraction of sp³-hybridized carbons (Fsp3) is 0.741. The third kappa shape index (κ3) is 0.696. The molecule has 12 unspecified atom stereocenters. The van der Waals surface area contributed by atoms with Gasteiger partial charge < -0.3 is 0 Å². The molecule has 12 saturated carbocycles. The highest BCUT2D eigenvalue weighted by atomic mass is 16.1. The van der Waals surface area contributed by atoms with Gasteiger partial charge in [0, 0.05) is 11.0 Å². The number of carbonyl (C=O) groups is 1. The molecule has 0 aromatic heterocycles. The van der Waals surface area contributed by atoms with E-state index in [1.54, 1.807) is 0 Å². The van der Waals surface area contributed by atoms with Crippen molar-refractivity contribution in [2.75, 3.05) is 0 Å². The molecule has 138 valence electrons. The van der Waals surface area contributed by atoms with Gasteiger partial charge in [-0.15, -0.1) is 0 Å². The van der Waals surface area contributed by atoms with Crippen molar-refractivity contribution in [1.29, 1.82) is 0 Å². The molecular weight excluding hydrogens is 340 g/mol. The summed E-state index contributed by atoms with van der Waals surface area (Å²) in [5.74, 6) is 20.5. The van der Waals surface area contributed by atoms with Gasteiger partial charge in [-0.2, -0.15) is 0 Å². The second-order valence-electron chi connectivity index (χ2n) is 13.4. The second-order valence-corrected chi connectivity index (χ2v) is 13.4. The van der Waals surface area contributed by atoms with Crippen LogP contribution < -0.4 is 0 Å². The van der Waals surface area contributed by atoms with Gasteiger partial charge in [-0.1, -0.05) is 30.3 Å². The van der Waals surface area contributed by atoms with Crippen LogP contribution in [0.5, 0.6) is 0 Å². The number of rotatable bonds is 2. The van der Waals surface area contributed by atoms with Crippen LogP contribution in [-0.2, 0) is 0 Å². The monoisotopic (exact) mass is 364 g/mol. The predicted molar refractivity (Wildman–Crippen MR) is 99.5 cm³/mol. The second kappa shape index (κ2) is 3.02. The molecule has 0 radical (unpaired) electrons. The largest absolute Gasteiger partial charge is 0.294 e. The summed E-state index contributed by atoms with van der Waals surface area (Å²) < 4.78 is 0. The first-order valence-electron chi connectivity index (χ1n) is 12.5. The van der Waals surface area contributed by atoms with Gasteiger partial charge in [0.2, 0.25) is 0 Å². The average Bonchev–Trinajstić information content (AvgIpc) is 3.45. The maximum absolute atomic E-state index is 14.5. The minimum atomic E-state index is 0.124. The number of carbonyl (C=O) groups excluding carboxylic acids is 1. The lowest BCUT2D eigenvalue weighted by molar-refractivity contribution is 0.0494. The Morgan fingerprint density at radius 1 is 0.500 bits per heavy atom. The van der Waals surface area contributed by atoms with E-state index in [2.05, 4.69) is 30.3 Å². The van der Waals surface area contributed by atoms with Crippen LogP contribution in [0, 0.1) is 118 Å². The maximum atomic E-state index is 14.5.